The number of piperidine rings is 1. The number of hydrogen-bond acceptors (Lipinski definition) is 3. The maximum Gasteiger partial charge on any atom is 0.223 e. The largest absolute Gasteiger partial charge is 0.355 e. The highest BCUT2D eigenvalue weighted by atomic mass is 35.5. The summed E-state index contributed by atoms with van der Waals surface area (Å²) in [5.41, 5.74) is 2.57. The summed E-state index contributed by atoms with van der Waals surface area (Å²) in [7, 11) is 0. The minimum atomic E-state index is 0.153. The van der Waals surface area contributed by atoms with Gasteiger partial charge in [0.2, 0.25) is 5.91 Å². The van der Waals surface area contributed by atoms with E-state index in [0.717, 1.165) is 55.5 Å². The van der Waals surface area contributed by atoms with E-state index in [2.05, 4.69) is 40.5 Å². The van der Waals surface area contributed by atoms with Crippen molar-refractivity contribution in [3.63, 3.8) is 0 Å². The number of hydrogen-bond donors (Lipinski definition) is 1. The first-order valence-electron chi connectivity index (χ1n) is 9.57. The third-order valence-corrected chi connectivity index (χ3v) is 6.18. The Labute approximate surface area is 171 Å². The van der Waals surface area contributed by atoms with E-state index in [9.17, 15) is 4.79 Å². The molecule has 1 amide bonds. The summed E-state index contributed by atoms with van der Waals surface area (Å²) in [6.07, 6.45) is 1.87. The maximum absolute atomic E-state index is 12.4. The van der Waals surface area contributed by atoms with Crippen molar-refractivity contribution in [2.24, 2.45) is 5.92 Å². The number of halogens is 1. The van der Waals surface area contributed by atoms with Gasteiger partial charge < -0.3 is 5.32 Å². The molecule has 3 nitrogen and oxygen atoms in total. The van der Waals surface area contributed by atoms with Gasteiger partial charge in [-0.3, -0.25) is 9.69 Å². The molecule has 27 heavy (non-hydrogen) atoms. The molecule has 0 unspecified atom stereocenters. The predicted molar refractivity (Wildman–Crippen MR) is 115 cm³/mol. The van der Waals surface area contributed by atoms with Crippen LogP contribution >= 0.6 is 23.4 Å². The lowest BCUT2D eigenvalue weighted by atomic mass is 9.95. The van der Waals surface area contributed by atoms with Gasteiger partial charge in [0.15, 0.2) is 0 Å². The van der Waals surface area contributed by atoms with Gasteiger partial charge >= 0.3 is 0 Å². The zero-order valence-electron chi connectivity index (χ0n) is 15.6. The van der Waals surface area contributed by atoms with Crippen LogP contribution in [0, 0.1) is 5.92 Å². The molecule has 1 aliphatic heterocycles. The molecular weight excluding hydrogens is 376 g/mol. The number of carbonyl (C=O) groups is 1. The Balaban J connectivity index is 1.30. The molecule has 0 atom stereocenters. The summed E-state index contributed by atoms with van der Waals surface area (Å²) in [4.78, 5) is 14.8. The van der Waals surface area contributed by atoms with Gasteiger partial charge in [0.1, 0.15) is 0 Å². The Hall–Kier alpha value is -1.49. The van der Waals surface area contributed by atoms with E-state index in [-0.39, 0.29) is 11.8 Å². The fraction of sp³-hybridized carbons (Fsp3) is 0.409. The van der Waals surface area contributed by atoms with Gasteiger partial charge in [0, 0.05) is 35.5 Å². The van der Waals surface area contributed by atoms with Gasteiger partial charge in [-0.2, -0.15) is 11.8 Å². The van der Waals surface area contributed by atoms with E-state index in [4.69, 9.17) is 11.6 Å². The topological polar surface area (TPSA) is 32.3 Å². The normalized spacial score (nSPS) is 15.6. The summed E-state index contributed by atoms with van der Waals surface area (Å²) >= 11 is 7.92. The Bertz CT molecular complexity index is 717. The molecule has 0 radical (unpaired) electrons. The second kappa shape index (κ2) is 10.7. The monoisotopic (exact) mass is 402 g/mol. The molecule has 2 aromatic rings. The number of nitrogens with one attached hydrogen (secondary N) is 1. The first kappa shape index (κ1) is 20.2. The molecule has 2 aromatic carbocycles. The van der Waals surface area contributed by atoms with Crippen molar-refractivity contribution in [3.05, 3.63) is 70.7 Å². The summed E-state index contributed by atoms with van der Waals surface area (Å²) in [5, 5.41) is 3.90. The quantitative estimate of drug-likeness (QED) is 0.655. The Morgan fingerprint density at radius 3 is 2.56 bits per heavy atom. The summed E-state index contributed by atoms with van der Waals surface area (Å²) in [6.45, 7) is 3.59. The van der Waals surface area contributed by atoms with Crippen LogP contribution in [-0.2, 0) is 17.1 Å². The average Bonchev–Trinajstić information content (AvgIpc) is 2.69. The van der Waals surface area contributed by atoms with Gasteiger partial charge in [-0.1, -0.05) is 54.1 Å². The van der Waals surface area contributed by atoms with Crippen LogP contribution in [0.25, 0.3) is 0 Å². The van der Waals surface area contributed by atoms with Crippen LogP contribution in [0.5, 0.6) is 0 Å². The molecule has 0 spiro atoms. The molecule has 5 heteroatoms. The van der Waals surface area contributed by atoms with E-state index < -0.39 is 0 Å². The Kier molecular flexibility index (Phi) is 8.06. The van der Waals surface area contributed by atoms with Gasteiger partial charge in [-0.15, -0.1) is 0 Å². The number of thioether (sulfide) groups is 1. The average molecular weight is 403 g/mol. The highest BCUT2D eigenvalue weighted by Gasteiger charge is 2.24. The number of nitrogens with zero attached hydrogens (tertiary/aromatic N) is 1. The molecule has 1 aliphatic rings. The van der Waals surface area contributed by atoms with Crippen molar-refractivity contribution in [1.29, 1.82) is 0 Å². The van der Waals surface area contributed by atoms with Crippen LogP contribution in [-0.4, -0.2) is 36.2 Å². The van der Waals surface area contributed by atoms with E-state index >= 15 is 0 Å². The van der Waals surface area contributed by atoms with Crippen molar-refractivity contribution >= 4 is 29.3 Å². The molecule has 1 fully saturated rings. The van der Waals surface area contributed by atoms with Crippen molar-refractivity contribution in [3.8, 4) is 0 Å². The Morgan fingerprint density at radius 2 is 1.81 bits per heavy atom. The SMILES string of the molecule is O=C(NCCSCc1ccccc1)C1CCN(Cc2cccc(Cl)c2)CC1. The number of rotatable bonds is 8. The van der Waals surface area contributed by atoms with Crippen molar-refractivity contribution in [2.45, 2.75) is 25.1 Å². The maximum atomic E-state index is 12.4. The van der Waals surface area contributed by atoms with Crippen LogP contribution in [0.4, 0.5) is 0 Å². The smallest absolute Gasteiger partial charge is 0.223 e. The zero-order valence-corrected chi connectivity index (χ0v) is 17.1. The predicted octanol–water partition coefficient (Wildman–Crippen LogP) is 4.60. The molecule has 0 aromatic heterocycles. The zero-order chi connectivity index (χ0) is 18.9. The number of carbonyl (C=O) groups excluding carboxylic acids is 1. The molecule has 3 rings (SSSR count). The molecule has 1 saturated heterocycles. The molecule has 0 saturated carbocycles. The van der Waals surface area contributed by atoms with Crippen LogP contribution in [0.3, 0.4) is 0 Å². The lowest BCUT2D eigenvalue weighted by Gasteiger charge is -2.31. The van der Waals surface area contributed by atoms with Crippen molar-refractivity contribution in [1.82, 2.24) is 10.2 Å². The van der Waals surface area contributed by atoms with E-state index in [1.807, 2.05) is 36.0 Å². The summed E-state index contributed by atoms with van der Waals surface area (Å²) in [5.74, 6) is 2.32. The highest BCUT2D eigenvalue weighted by molar-refractivity contribution is 7.98. The molecule has 144 valence electrons. The molecule has 1 N–H and O–H groups in total. The molecule has 0 bridgehead atoms. The highest BCUT2D eigenvalue weighted by Crippen LogP contribution is 2.20. The van der Waals surface area contributed by atoms with Gasteiger partial charge in [-0.05, 0) is 49.2 Å². The number of benzene rings is 2. The van der Waals surface area contributed by atoms with E-state index in [0.29, 0.717) is 0 Å². The lowest BCUT2D eigenvalue weighted by molar-refractivity contribution is -0.126. The lowest BCUT2D eigenvalue weighted by Crippen LogP contribution is -2.40. The standard InChI is InChI=1S/C22H27ClN2OS/c23-21-8-4-7-19(15-21)16-25-12-9-20(10-13-25)22(26)24-11-14-27-17-18-5-2-1-3-6-18/h1-8,15,20H,9-14,16-17H2,(H,24,26). The van der Waals surface area contributed by atoms with Crippen LogP contribution < -0.4 is 5.32 Å². The molecule has 0 aliphatic carbocycles. The first-order chi connectivity index (χ1) is 13.2. The third-order valence-electron chi connectivity index (χ3n) is 4.91. The second-order valence-corrected chi connectivity index (χ2v) is 8.55. The molecular formula is C22H27ClN2OS. The fourth-order valence-electron chi connectivity index (χ4n) is 3.40. The van der Waals surface area contributed by atoms with Gasteiger partial charge in [0.05, 0.1) is 0 Å². The summed E-state index contributed by atoms with van der Waals surface area (Å²) < 4.78 is 0. The third kappa shape index (κ3) is 6.87. The number of likely N-dealkylation sites (tertiary alicyclic amines) is 1. The van der Waals surface area contributed by atoms with Gasteiger partial charge in [0.25, 0.3) is 0 Å². The second-order valence-electron chi connectivity index (χ2n) is 7.01. The minimum Gasteiger partial charge on any atom is -0.355 e. The van der Waals surface area contributed by atoms with Gasteiger partial charge in [-0.25, -0.2) is 0 Å². The number of amides is 1. The van der Waals surface area contributed by atoms with E-state index in [1.54, 1.807) is 0 Å². The van der Waals surface area contributed by atoms with Crippen molar-refractivity contribution < 1.29 is 4.79 Å². The van der Waals surface area contributed by atoms with Crippen LogP contribution in [0.2, 0.25) is 5.02 Å². The Morgan fingerprint density at radius 1 is 1.07 bits per heavy atom. The minimum absolute atomic E-state index is 0.153. The molecule has 1 heterocycles. The fourth-order valence-corrected chi connectivity index (χ4v) is 4.43. The van der Waals surface area contributed by atoms with Crippen LogP contribution in [0.1, 0.15) is 24.0 Å². The van der Waals surface area contributed by atoms with Crippen molar-refractivity contribution in [2.75, 3.05) is 25.4 Å². The first-order valence-corrected chi connectivity index (χ1v) is 11.1. The van der Waals surface area contributed by atoms with Crippen LogP contribution in [0.15, 0.2) is 54.6 Å². The summed E-state index contributed by atoms with van der Waals surface area (Å²) in [6, 6.07) is 18.5. The van der Waals surface area contributed by atoms with E-state index in [1.165, 1.54) is 11.1 Å².